The van der Waals surface area contributed by atoms with E-state index < -0.39 is 6.85 Å². The maximum atomic E-state index is 7.05. The topological polar surface area (TPSA) is 12.9 Å². The van der Waals surface area contributed by atoms with E-state index >= 15 is 0 Å². The summed E-state index contributed by atoms with van der Waals surface area (Å²) in [6.45, 7) is -2.23. The van der Waals surface area contributed by atoms with E-state index in [0.29, 0.717) is 0 Å². The number of aromatic nitrogens is 1. The van der Waals surface area contributed by atoms with Gasteiger partial charge in [-0.05, 0) is 18.5 Å². The van der Waals surface area contributed by atoms with Gasteiger partial charge in [0.25, 0.3) is 0 Å². The molecule has 48 valence electrons. The molecule has 0 bridgehead atoms. The average molecular weight is 165 g/mol. The van der Waals surface area contributed by atoms with Crippen LogP contribution < -0.4 is 0 Å². The van der Waals surface area contributed by atoms with Crippen LogP contribution in [0.3, 0.4) is 0 Å². The van der Waals surface area contributed by atoms with Gasteiger partial charge in [0.2, 0.25) is 0 Å². The highest BCUT2D eigenvalue weighted by atomic mass is 35.5. The molecule has 1 aromatic rings. The molecule has 0 atom stereocenters. The smallest absolute Gasteiger partial charge is 0.130 e. The summed E-state index contributed by atoms with van der Waals surface area (Å²) >= 11 is 11.1. The van der Waals surface area contributed by atoms with Crippen molar-refractivity contribution >= 4 is 23.2 Å². The van der Waals surface area contributed by atoms with Crippen LogP contribution >= 0.6 is 23.2 Å². The molecule has 0 saturated carbocycles. The number of hydrogen-bond donors (Lipinski definition) is 0. The Morgan fingerprint density at radius 1 is 1.67 bits per heavy atom. The first-order valence-corrected chi connectivity index (χ1v) is 2.98. The fourth-order valence-corrected chi connectivity index (χ4v) is 0.773. The molecule has 0 fully saturated rings. The monoisotopic (exact) mass is 164 g/mol. The quantitative estimate of drug-likeness (QED) is 0.538. The summed E-state index contributed by atoms with van der Waals surface area (Å²) in [5, 5.41) is 0.308. The zero-order valence-electron chi connectivity index (χ0n) is 7.36. The van der Waals surface area contributed by atoms with Crippen LogP contribution in [0.5, 0.6) is 0 Å². The Morgan fingerprint density at radius 3 is 3.00 bits per heavy atom. The lowest BCUT2D eigenvalue weighted by molar-refractivity contribution is 1.27. The van der Waals surface area contributed by atoms with E-state index in [0.717, 1.165) is 6.20 Å². The molecule has 0 aliphatic heterocycles. The third-order valence-corrected chi connectivity index (χ3v) is 1.34. The lowest BCUT2D eigenvalue weighted by atomic mass is 10.3. The highest BCUT2D eigenvalue weighted by molar-refractivity contribution is 6.34. The van der Waals surface area contributed by atoms with Gasteiger partial charge in [-0.2, -0.15) is 0 Å². The van der Waals surface area contributed by atoms with E-state index in [9.17, 15) is 0 Å². The predicted octanol–water partition coefficient (Wildman–Crippen LogP) is 2.70. The summed E-state index contributed by atoms with van der Waals surface area (Å²) < 4.78 is 21.1. The first-order chi connectivity index (χ1) is 5.41. The van der Waals surface area contributed by atoms with Crippen LogP contribution in [0.4, 0.5) is 0 Å². The minimum Gasteiger partial charge on any atom is -0.244 e. The zero-order valence-corrected chi connectivity index (χ0v) is 5.87. The molecule has 1 heterocycles. The molecule has 0 saturated heterocycles. The maximum absolute atomic E-state index is 7.05. The molecule has 1 aromatic heterocycles. The second kappa shape index (κ2) is 2.54. The number of aryl methyl sites for hydroxylation is 1. The number of nitrogens with zero attached hydrogens (tertiary/aromatic N) is 1. The van der Waals surface area contributed by atoms with Crippen LogP contribution in [0.25, 0.3) is 0 Å². The lowest BCUT2D eigenvalue weighted by Crippen LogP contribution is -1.77. The van der Waals surface area contributed by atoms with Crippen LogP contribution in [0.15, 0.2) is 12.3 Å². The van der Waals surface area contributed by atoms with Gasteiger partial charge in [0.05, 0.1) is 0 Å². The van der Waals surface area contributed by atoms with Crippen molar-refractivity contribution in [3.05, 3.63) is 28.0 Å². The molecule has 1 rings (SSSR count). The van der Waals surface area contributed by atoms with Crippen molar-refractivity contribution in [1.82, 2.24) is 4.98 Å². The van der Waals surface area contributed by atoms with E-state index in [4.69, 9.17) is 27.3 Å². The van der Waals surface area contributed by atoms with Gasteiger partial charge in [-0.3, -0.25) is 0 Å². The van der Waals surface area contributed by atoms with Crippen molar-refractivity contribution in [2.45, 2.75) is 6.85 Å². The number of pyridine rings is 1. The Hall–Kier alpha value is -0.270. The first kappa shape index (κ1) is 3.79. The molecule has 9 heavy (non-hydrogen) atoms. The zero-order chi connectivity index (χ0) is 9.35. The average Bonchev–Trinajstić information content (AvgIpc) is 1.83. The van der Waals surface area contributed by atoms with E-state index in [-0.39, 0.29) is 15.7 Å². The van der Waals surface area contributed by atoms with Crippen molar-refractivity contribution in [3.8, 4) is 0 Å². The summed E-state index contributed by atoms with van der Waals surface area (Å²) in [4.78, 5) is 3.63. The lowest BCUT2D eigenvalue weighted by Gasteiger charge is -1.93. The highest BCUT2D eigenvalue weighted by Gasteiger charge is 1.94. The molecule has 3 heteroatoms. The SMILES string of the molecule is [2H]C([2H])([2H])c1cnc(Cl)cc1Cl. The maximum Gasteiger partial charge on any atom is 0.130 e. The standard InChI is InChI=1S/C6H5Cl2N/c1-4-3-9-6(8)2-5(4)7/h2-3H,1H3/i1D3. The summed E-state index contributed by atoms with van der Waals surface area (Å²) in [5.41, 5.74) is 0.0218. The minimum atomic E-state index is -2.23. The van der Waals surface area contributed by atoms with Gasteiger partial charge in [-0.15, -0.1) is 0 Å². The van der Waals surface area contributed by atoms with E-state index in [1.807, 2.05) is 0 Å². The van der Waals surface area contributed by atoms with Crippen molar-refractivity contribution in [2.75, 3.05) is 0 Å². The van der Waals surface area contributed by atoms with Gasteiger partial charge in [-0.25, -0.2) is 4.98 Å². The Labute approximate surface area is 67.8 Å². The van der Waals surface area contributed by atoms with Crippen molar-refractivity contribution in [2.24, 2.45) is 0 Å². The number of halogens is 2. The Morgan fingerprint density at radius 2 is 2.44 bits per heavy atom. The molecule has 0 aromatic carbocycles. The largest absolute Gasteiger partial charge is 0.244 e. The Bertz CT molecular complexity index is 297. The Balaban J connectivity index is 3.19. The van der Waals surface area contributed by atoms with Crippen molar-refractivity contribution in [3.63, 3.8) is 0 Å². The summed E-state index contributed by atoms with van der Waals surface area (Å²) in [7, 11) is 0. The van der Waals surface area contributed by atoms with Crippen LogP contribution in [0.1, 0.15) is 9.68 Å². The highest BCUT2D eigenvalue weighted by Crippen LogP contribution is 2.16. The Kier molecular flexibility index (Phi) is 1.07. The molecular weight excluding hydrogens is 157 g/mol. The van der Waals surface area contributed by atoms with Gasteiger partial charge < -0.3 is 0 Å². The molecule has 0 unspecified atom stereocenters. The molecule has 0 aliphatic rings. The van der Waals surface area contributed by atoms with Crippen molar-refractivity contribution < 1.29 is 4.11 Å². The molecule has 0 N–H and O–H groups in total. The third-order valence-electron chi connectivity index (χ3n) is 0.820. The van der Waals surface area contributed by atoms with E-state index in [2.05, 4.69) is 4.98 Å². The molecule has 0 aliphatic carbocycles. The van der Waals surface area contributed by atoms with Crippen LogP contribution in [0, 0.1) is 6.85 Å². The number of hydrogen-bond acceptors (Lipinski definition) is 1. The van der Waals surface area contributed by atoms with Gasteiger partial charge in [0.15, 0.2) is 0 Å². The molecular formula is C6H5Cl2N. The predicted molar refractivity (Wildman–Crippen MR) is 39.0 cm³/mol. The second-order valence-electron chi connectivity index (χ2n) is 1.49. The van der Waals surface area contributed by atoms with Crippen LogP contribution in [-0.2, 0) is 0 Å². The fourth-order valence-electron chi connectivity index (χ4n) is 0.407. The number of rotatable bonds is 0. The van der Waals surface area contributed by atoms with Crippen LogP contribution in [0.2, 0.25) is 10.2 Å². The molecule has 0 radical (unpaired) electrons. The van der Waals surface area contributed by atoms with Gasteiger partial charge in [0.1, 0.15) is 5.15 Å². The summed E-state index contributed by atoms with van der Waals surface area (Å²) in [6, 6.07) is 1.31. The van der Waals surface area contributed by atoms with Gasteiger partial charge in [-0.1, -0.05) is 23.2 Å². The van der Waals surface area contributed by atoms with E-state index in [1.54, 1.807) is 0 Å². The normalized spacial score (nSPS) is 16.0. The van der Waals surface area contributed by atoms with E-state index in [1.165, 1.54) is 6.07 Å². The molecule has 0 amide bonds. The summed E-state index contributed by atoms with van der Waals surface area (Å²) in [5.74, 6) is 0. The third kappa shape index (κ3) is 1.57. The summed E-state index contributed by atoms with van der Waals surface area (Å²) in [6.07, 6.45) is 1.16. The molecule has 0 spiro atoms. The first-order valence-electron chi connectivity index (χ1n) is 3.73. The van der Waals surface area contributed by atoms with Gasteiger partial charge >= 0.3 is 0 Å². The fraction of sp³-hybridized carbons (Fsp3) is 0.167. The minimum absolute atomic E-state index is 0.0218. The van der Waals surface area contributed by atoms with Gasteiger partial charge in [0, 0.05) is 15.3 Å². The molecule has 1 nitrogen and oxygen atoms in total. The van der Waals surface area contributed by atoms with Crippen molar-refractivity contribution in [1.29, 1.82) is 0 Å². The van der Waals surface area contributed by atoms with Crippen LogP contribution in [-0.4, -0.2) is 4.98 Å². The second-order valence-corrected chi connectivity index (χ2v) is 2.28.